The van der Waals surface area contributed by atoms with Crippen molar-refractivity contribution >= 4 is 60.8 Å². The van der Waals surface area contributed by atoms with E-state index in [0.717, 1.165) is 33.3 Å². The van der Waals surface area contributed by atoms with Crippen LogP contribution in [0.3, 0.4) is 0 Å². The van der Waals surface area contributed by atoms with E-state index in [-0.39, 0.29) is 40.0 Å². The van der Waals surface area contributed by atoms with Crippen LogP contribution in [-0.4, -0.2) is 24.0 Å². The average Bonchev–Trinajstić information content (AvgIpc) is 2.97. The quantitative estimate of drug-likeness (QED) is 0.0965. The third-order valence-corrected chi connectivity index (χ3v) is 8.17. The summed E-state index contributed by atoms with van der Waals surface area (Å²) >= 11 is 0. The van der Waals surface area contributed by atoms with Crippen LogP contribution in [0.1, 0.15) is 21.5 Å². The van der Waals surface area contributed by atoms with Gasteiger partial charge in [-0.25, -0.2) is 17.6 Å². The topological polar surface area (TPSA) is 130 Å². The van der Waals surface area contributed by atoms with Crippen LogP contribution in [0.5, 0.6) is 0 Å². The predicted octanol–water partition coefficient (Wildman–Crippen LogP) is 5.24. The van der Waals surface area contributed by atoms with Gasteiger partial charge in [-0.2, -0.15) is 0 Å². The zero-order valence-corrected chi connectivity index (χ0v) is 27.0. The summed E-state index contributed by atoms with van der Waals surface area (Å²) in [5.41, 5.74) is 7.22. The molecular weight excluding hydrogens is 587 g/mol. The van der Waals surface area contributed by atoms with Crippen molar-refractivity contribution in [3.63, 3.8) is 0 Å². The zero-order valence-electron chi connectivity index (χ0n) is 24.2. The first-order chi connectivity index (χ1) is 20.6. The molecule has 0 saturated carbocycles. The molecule has 10 heteroatoms. The van der Waals surface area contributed by atoms with Crippen molar-refractivity contribution in [2.75, 3.05) is 10.6 Å². The number of aromatic carboxylic acids is 1. The number of aryl methyl sites for hydroxylation is 2. The monoisotopic (exact) mass is 613 g/mol. The number of hydrogen-bond donors (Lipinski definition) is 3. The summed E-state index contributed by atoms with van der Waals surface area (Å²) in [6.45, 7) is 3.73. The number of para-hydroxylation sites is 1. The van der Waals surface area contributed by atoms with Crippen LogP contribution < -0.4 is 40.2 Å². The molecular formula is C34H26N2NaO6S+. The van der Waals surface area contributed by atoms with Crippen LogP contribution in [0.2, 0.25) is 0 Å². The second-order valence-corrected chi connectivity index (χ2v) is 11.6. The summed E-state index contributed by atoms with van der Waals surface area (Å²) in [5.74, 6) is -1.03. The molecule has 6 rings (SSSR count). The Morgan fingerprint density at radius 2 is 1.30 bits per heavy atom. The van der Waals surface area contributed by atoms with E-state index in [1.54, 1.807) is 37.3 Å². The summed E-state index contributed by atoms with van der Waals surface area (Å²) in [4.78, 5) is 11.9. The van der Waals surface area contributed by atoms with Gasteiger partial charge in [0.1, 0.15) is 10.1 Å². The summed E-state index contributed by atoms with van der Waals surface area (Å²) in [6, 6.07) is 30.2. The number of carboxylic acid groups (broad SMARTS) is 1. The Labute approximate surface area is 276 Å². The Morgan fingerprint density at radius 3 is 1.86 bits per heavy atom. The number of hydrogen-bond acceptors (Lipinski definition) is 6. The van der Waals surface area contributed by atoms with Gasteiger partial charge < -0.3 is 20.3 Å². The SMILES string of the molecule is Cc1ccccc1Nc1ccc2c(-c3ccccc3C(=O)O)c3ccc(Nc4ccc(S(=O)(=O)[O-])cc4C)cc3[o+]c2c1.[Na+]. The fraction of sp³-hybridized carbons (Fsp3) is 0.0588. The first kappa shape index (κ1) is 31.2. The molecule has 0 saturated heterocycles. The molecule has 8 nitrogen and oxygen atoms in total. The Kier molecular flexibility index (Phi) is 8.78. The maximum atomic E-state index is 12.2. The number of fused-ring (bicyclic) bond motifs is 2. The van der Waals surface area contributed by atoms with Crippen molar-refractivity contribution in [2.45, 2.75) is 18.7 Å². The van der Waals surface area contributed by atoms with E-state index in [0.29, 0.717) is 33.7 Å². The van der Waals surface area contributed by atoms with Crippen LogP contribution >= 0.6 is 0 Å². The number of anilines is 4. The van der Waals surface area contributed by atoms with Crippen LogP contribution in [0, 0.1) is 13.8 Å². The Hall–Kier alpha value is -4.25. The predicted molar refractivity (Wildman–Crippen MR) is 167 cm³/mol. The molecule has 6 aromatic rings. The number of carboxylic acids is 1. The van der Waals surface area contributed by atoms with Gasteiger partial charge in [0.25, 0.3) is 0 Å². The molecule has 5 aromatic carbocycles. The fourth-order valence-electron chi connectivity index (χ4n) is 5.18. The molecule has 0 spiro atoms. The Balaban J connectivity index is 0.00000384. The molecule has 1 heterocycles. The minimum absolute atomic E-state index is 0. The molecule has 44 heavy (non-hydrogen) atoms. The van der Waals surface area contributed by atoms with Gasteiger partial charge in [0.2, 0.25) is 0 Å². The van der Waals surface area contributed by atoms with E-state index in [4.69, 9.17) is 4.42 Å². The van der Waals surface area contributed by atoms with E-state index in [1.165, 1.54) is 12.1 Å². The molecule has 214 valence electrons. The molecule has 0 atom stereocenters. The van der Waals surface area contributed by atoms with Crippen LogP contribution in [0.25, 0.3) is 33.1 Å². The standard InChI is InChI=1S/C34H26N2O6S.Na/c1-20-7-3-6-10-29(20)35-22-11-14-27-31(18-22)42-32-19-23(36-30-16-13-24(17-21(30)2)43(39,40)41)12-15-28(32)33(27)25-8-4-5-9-26(25)34(37)38;/h3-19,35-36H,1-2H3,(H-,37,38,39,40,41);/q;+1. The first-order valence-electron chi connectivity index (χ1n) is 13.4. The molecule has 0 fully saturated rings. The van der Waals surface area contributed by atoms with Crippen molar-refractivity contribution in [3.8, 4) is 11.1 Å². The van der Waals surface area contributed by atoms with Gasteiger partial charge >= 0.3 is 46.7 Å². The molecule has 0 bridgehead atoms. The van der Waals surface area contributed by atoms with Gasteiger partial charge in [0.15, 0.2) is 0 Å². The fourth-order valence-corrected chi connectivity index (χ4v) is 5.74. The molecule has 0 amide bonds. The minimum Gasteiger partial charge on any atom is -0.744 e. The molecule has 0 aliphatic heterocycles. The van der Waals surface area contributed by atoms with E-state index in [1.807, 2.05) is 67.6 Å². The minimum atomic E-state index is -4.57. The third kappa shape index (κ3) is 6.19. The third-order valence-electron chi connectivity index (χ3n) is 7.34. The van der Waals surface area contributed by atoms with Gasteiger partial charge in [-0.15, -0.1) is 0 Å². The number of carbonyl (C=O) groups is 1. The van der Waals surface area contributed by atoms with E-state index >= 15 is 0 Å². The van der Waals surface area contributed by atoms with Crippen LogP contribution in [-0.2, 0) is 10.1 Å². The van der Waals surface area contributed by atoms with Gasteiger partial charge in [-0.1, -0.05) is 36.4 Å². The molecule has 1 aromatic heterocycles. The summed E-state index contributed by atoms with van der Waals surface area (Å²) in [6.07, 6.45) is 0. The van der Waals surface area contributed by atoms with E-state index in [9.17, 15) is 22.9 Å². The van der Waals surface area contributed by atoms with Gasteiger partial charge in [0, 0.05) is 28.3 Å². The smallest absolute Gasteiger partial charge is 0.744 e. The normalized spacial score (nSPS) is 11.2. The summed E-state index contributed by atoms with van der Waals surface area (Å²) in [5, 5.41) is 18.2. The summed E-state index contributed by atoms with van der Waals surface area (Å²) < 4.78 is 40.8. The summed E-state index contributed by atoms with van der Waals surface area (Å²) in [7, 11) is -4.57. The van der Waals surface area contributed by atoms with Gasteiger partial charge in [-0.3, -0.25) is 0 Å². The van der Waals surface area contributed by atoms with E-state index in [2.05, 4.69) is 10.6 Å². The van der Waals surface area contributed by atoms with Crippen LogP contribution in [0.4, 0.5) is 22.7 Å². The number of nitrogens with one attached hydrogen (secondary N) is 2. The van der Waals surface area contributed by atoms with Gasteiger partial charge in [-0.05, 0) is 85.1 Å². The zero-order chi connectivity index (χ0) is 30.3. The molecule has 0 aliphatic carbocycles. The van der Waals surface area contributed by atoms with Gasteiger partial charge in [0.05, 0.1) is 33.4 Å². The maximum Gasteiger partial charge on any atom is 1.00 e. The molecule has 0 radical (unpaired) electrons. The Morgan fingerprint density at radius 1 is 0.727 bits per heavy atom. The van der Waals surface area contributed by atoms with Crippen molar-refractivity contribution in [1.29, 1.82) is 0 Å². The molecule has 0 aliphatic rings. The molecule has 0 unspecified atom stereocenters. The van der Waals surface area contributed by atoms with E-state index < -0.39 is 16.1 Å². The van der Waals surface area contributed by atoms with Crippen LogP contribution in [0.15, 0.2) is 112 Å². The first-order valence-corrected chi connectivity index (χ1v) is 14.8. The number of rotatable bonds is 7. The largest absolute Gasteiger partial charge is 1.00 e. The number of benzene rings is 5. The molecule has 3 N–H and O–H groups in total. The Bertz CT molecular complexity index is 2180. The second-order valence-electron chi connectivity index (χ2n) is 10.2. The van der Waals surface area contributed by atoms with Crippen molar-refractivity contribution in [3.05, 3.63) is 120 Å². The maximum absolute atomic E-state index is 12.2. The second kappa shape index (κ2) is 12.4. The average molecular weight is 614 g/mol. The van der Waals surface area contributed by atoms with Crippen molar-refractivity contribution in [2.24, 2.45) is 0 Å². The van der Waals surface area contributed by atoms with Crippen molar-refractivity contribution in [1.82, 2.24) is 0 Å². The van der Waals surface area contributed by atoms with Crippen molar-refractivity contribution < 1.29 is 56.8 Å².